The SMILES string of the molecule is O=C(O)CC1(N2CCCNC(=O)C2)CNC1. The summed E-state index contributed by atoms with van der Waals surface area (Å²) in [5, 5.41) is 14.8. The summed E-state index contributed by atoms with van der Waals surface area (Å²) in [5.41, 5.74) is -0.354. The van der Waals surface area contributed by atoms with E-state index in [0.29, 0.717) is 26.2 Å². The fourth-order valence-corrected chi connectivity index (χ4v) is 2.37. The predicted molar refractivity (Wildman–Crippen MR) is 57.1 cm³/mol. The first-order valence-electron chi connectivity index (χ1n) is 5.57. The Balaban J connectivity index is 2.07. The number of carboxylic acid groups (broad SMARTS) is 1. The molecule has 2 fully saturated rings. The molecule has 2 aliphatic heterocycles. The normalized spacial score (nSPS) is 25.4. The first kappa shape index (κ1) is 11.3. The van der Waals surface area contributed by atoms with Crippen LogP contribution in [0.4, 0.5) is 0 Å². The van der Waals surface area contributed by atoms with Gasteiger partial charge in [-0.05, 0) is 6.42 Å². The van der Waals surface area contributed by atoms with Crippen LogP contribution in [0.5, 0.6) is 0 Å². The highest BCUT2D eigenvalue weighted by Crippen LogP contribution is 2.25. The van der Waals surface area contributed by atoms with Crippen molar-refractivity contribution in [1.29, 1.82) is 0 Å². The first-order chi connectivity index (χ1) is 7.62. The number of aliphatic carboxylic acids is 1. The molecule has 6 nitrogen and oxygen atoms in total. The third-order valence-corrected chi connectivity index (χ3v) is 3.32. The highest BCUT2D eigenvalue weighted by Gasteiger charge is 2.45. The van der Waals surface area contributed by atoms with Crippen LogP contribution in [0.3, 0.4) is 0 Å². The molecule has 2 rings (SSSR count). The number of amides is 1. The van der Waals surface area contributed by atoms with Gasteiger partial charge in [0.15, 0.2) is 0 Å². The Bertz CT molecular complexity index is 302. The van der Waals surface area contributed by atoms with Gasteiger partial charge in [-0.1, -0.05) is 0 Å². The van der Waals surface area contributed by atoms with Gasteiger partial charge in [0.25, 0.3) is 0 Å². The Morgan fingerprint density at radius 2 is 2.25 bits per heavy atom. The second kappa shape index (κ2) is 4.39. The van der Waals surface area contributed by atoms with Crippen LogP contribution in [0.1, 0.15) is 12.8 Å². The highest BCUT2D eigenvalue weighted by atomic mass is 16.4. The van der Waals surface area contributed by atoms with Crippen molar-refractivity contribution in [2.45, 2.75) is 18.4 Å². The number of hydrogen-bond donors (Lipinski definition) is 3. The second-order valence-electron chi connectivity index (χ2n) is 4.52. The molecule has 0 radical (unpaired) electrons. The molecule has 0 aliphatic carbocycles. The first-order valence-corrected chi connectivity index (χ1v) is 5.57. The number of nitrogens with zero attached hydrogens (tertiary/aromatic N) is 1. The number of hydrogen-bond acceptors (Lipinski definition) is 4. The molecule has 0 aromatic rings. The molecule has 0 unspecified atom stereocenters. The number of nitrogens with one attached hydrogen (secondary N) is 2. The van der Waals surface area contributed by atoms with Crippen molar-refractivity contribution < 1.29 is 14.7 Å². The summed E-state index contributed by atoms with van der Waals surface area (Å²) < 4.78 is 0. The summed E-state index contributed by atoms with van der Waals surface area (Å²) in [6.45, 7) is 3.10. The Morgan fingerprint density at radius 3 is 2.81 bits per heavy atom. The van der Waals surface area contributed by atoms with E-state index in [0.717, 1.165) is 13.0 Å². The Hall–Kier alpha value is -1.14. The molecule has 2 saturated heterocycles. The van der Waals surface area contributed by atoms with Crippen molar-refractivity contribution in [1.82, 2.24) is 15.5 Å². The Labute approximate surface area is 94.0 Å². The lowest BCUT2D eigenvalue weighted by Crippen LogP contribution is -2.70. The Kier molecular flexibility index (Phi) is 3.11. The van der Waals surface area contributed by atoms with Crippen molar-refractivity contribution in [2.24, 2.45) is 0 Å². The topological polar surface area (TPSA) is 81.7 Å². The third kappa shape index (κ3) is 2.17. The lowest BCUT2D eigenvalue weighted by molar-refractivity contribution is -0.143. The number of carboxylic acids is 1. The minimum Gasteiger partial charge on any atom is -0.481 e. The second-order valence-corrected chi connectivity index (χ2v) is 4.52. The summed E-state index contributed by atoms with van der Waals surface area (Å²) in [4.78, 5) is 24.3. The molecule has 0 bridgehead atoms. The van der Waals surface area contributed by atoms with Crippen LogP contribution in [0.25, 0.3) is 0 Å². The summed E-state index contributed by atoms with van der Waals surface area (Å²) in [6, 6.07) is 0. The van der Waals surface area contributed by atoms with Crippen LogP contribution in [0.15, 0.2) is 0 Å². The van der Waals surface area contributed by atoms with Gasteiger partial charge in [0.1, 0.15) is 0 Å². The van der Waals surface area contributed by atoms with Crippen molar-refractivity contribution in [3.8, 4) is 0 Å². The standard InChI is InChI=1S/C10H17N3O3/c14-8-5-13(3-1-2-12-8)10(4-9(15)16)6-11-7-10/h11H,1-7H2,(H,12,14)(H,15,16). The zero-order chi connectivity index (χ0) is 11.6. The van der Waals surface area contributed by atoms with E-state index in [9.17, 15) is 9.59 Å². The van der Waals surface area contributed by atoms with E-state index in [2.05, 4.69) is 10.6 Å². The quantitative estimate of drug-likeness (QED) is 0.554. The maximum absolute atomic E-state index is 11.4. The van der Waals surface area contributed by atoms with Gasteiger partial charge in [-0.2, -0.15) is 0 Å². The van der Waals surface area contributed by atoms with Crippen molar-refractivity contribution >= 4 is 11.9 Å². The van der Waals surface area contributed by atoms with Gasteiger partial charge in [0.05, 0.1) is 18.5 Å². The molecule has 90 valence electrons. The molecule has 3 N–H and O–H groups in total. The van der Waals surface area contributed by atoms with E-state index in [1.54, 1.807) is 0 Å². The van der Waals surface area contributed by atoms with E-state index in [-0.39, 0.29) is 17.9 Å². The zero-order valence-corrected chi connectivity index (χ0v) is 9.16. The zero-order valence-electron chi connectivity index (χ0n) is 9.16. The van der Waals surface area contributed by atoms with Gasteiger partial charge in [0, 0.05) is 26.2 Å². The predicted octanol–water partition coefficient (Wildman–Crippen LogP) is -1.37. The Morgan fingerprint density at radius 1 is 1.50 bits per heavy atom. The molecule has 1 amide bonds. The maximum Gasteiger partial charge on any atom is 0.305 e. The van der Waals surface area contributed by atoms with Gasteiger partial charge < -0.3 is 15.7 Å². The van der Waals surface area contributed by atoms with Crippen LogP contribution < -0.4 is 10.6 Å². The minimum absolute atomic E-state index is 0.00540. The molecule has 16 heavy (non-hydrogen) atoms. The van der Waals surface area contributed by atoms with Crippen LogP contribution in [0, 0.1) is 0 Å². The molecule has 0 saturated carbocycles. The van der Waals surface area contributed by atoms with Crippen LogP contribution in [0.2, 0.25) is 0 Å². The van der Waals surface area contributed by atoms with E-state index in [4.69, 9.17) is 5.11 Å². The average molecular weight is 227 g/mol. The van der Waals surface area contributed by atoms with E-state index >= 15 is 0 Å². The maximum atomic E-state index is 11.4. The van der Waals surface area contributed by atoms with Gasteiger partial charge in [-0.3, -0.25) is 14.5 Å². The van der Waals surface area contributed by atoms with E-state index in [1.165, 1.54) is 0 Å². The molecule has 0 atom stereocenters. The summed E-state index contributed by atoms with van der Waals surface area (Å²) >= 11 is 0. The summed E-state index contributed by atoms with van der Waals surface area (Å²) in [6.07, 6.45) is 0.986. The van der Waals surface area contributed by atoms with Gasteiger partial charge >= 0.3 is 5.97 Å². The van der Waals surface area contributed by atoms with E-state index in [1.807, 2.05) is 4.90 Å². The average Bonchev–Trinajstić information content (AvgIpc) is 2.36. The van der Waals surface area contributed by atoms with Gasteiger partial charge in [-0.15, -0.1) is 0 Å². The fourth-order valence-electron chi connectivity index (χ4n) is 2.37. The van der Waals surface area contributed by atoms with Crippen LogP contribution >= 0.6 is 0 Å². The van der Waals surface area contributed by atoms with E-state index < -0.39 is 5.97 Å². The van der Waals surface area contributed by atoms with Crippen molar-refractivity contribution in [3.05, 3.63) is 0 Å². The molecule has 2 heterocycles. The van der Waals surface area contributed by atoms with Gasteiger partial charge in [0.2, 0.25) is 5.91 Å². The summed E-state index contributed by atoms with van der Waals surface area (Å²) in [5.74, 6) is -0.805. The molecular formula is C10H17N3O3. The van der Waals surface area contributed by atoms with Crippen molar-refractivity contribution in [2.75, 3.05) is 32.7 Å². The molecule has 0 aromatic heterocycles. The number of carbonyl (C=O) groups excluding carboxylic acids is 1. The minimum atomic E-state index is -0.800. The molecule has 0 aromatic carbocycles. The van der Waals surface area contributed by atoms with Crippen molar-refractivity contribution in [3.63, 3.8) is 0 Å². The molecule has 0 spiro atoms. The summed E-state index contributed by atoms with van der Waals surface area (Å²) in [7, 11) is 0. The lowest BCUT2D eigenvalue weighted by Gasteiger charge is -2.49. The largest absolute Gasteiger partial charge is 0.481 e. The van der Waals surface area contributed by atoms with Crippen LogP contribution in [-0.4, -0.2) is 60.1 Å². The van der Waals surface area contributed by atoms with Gasteiger partial charge in [-0.25, -0.2) is 0 Å². The number of carbonyl (C=O) groups is 2. The lowest BCUT2D eigenvalue weighted by atomic mass is 9.86. The molecule has 6 heteroatoms. The molecule has 2 aliphatic rings. The third-order valence-electron chi connectivity index (χ3n) is 3.32. The van der Waals surface area contributed by atoms with Crippen LogP contribution in [-0.2, 0) is 9.59 Å². The number of rotatable bonds is 3. The fraction of sp³-hybridized carbons (Fsp3) is 0.800. The monoisotopic (exact) mass is 227 g/mol. The highest BCUT2D eigenvalue weighted by molar-refractivity contribution is 5.78. The molecular weight excluding hydrogens is 210 g/mol. The smallest absolute Gasteiger partial charge is 0.305 e.